The fourth-order valence-corrected chi connectivity index (χ4v) is 3.63. The molecule has 4 aromatic carbocycles. The fourth-order valence-electron chi connectivity index (χ4n) is 3.41. The first-order valence-corrected chi connectivity index (χ1v) is 11.3. The molecule has 3 N–H and O–H groups in total. The Balaban J connectivity index is 1.29. The summed E-state index contributed by atoms with van der Waals surface area (Å²) >= 11 is 5.26. The number of para-hydroxylation sites is 1. The minimum atomic E-state index is -0.349. The molecule has 2 amide bonds. The van der Waals surface area contributed by atoms with Gasteiger partial charge in [-0.05, 0) is 65.0 Å². The molecular weight excluding hydrogens is 458 g/mol. The largest absolute Gasteiger partial charge is 0.484 e. The van der Waals surface area contributed by atoms with Gasteiger partial charge in [0.2, 0.25) is 5.91 Å². The average Bonchev–Trinajstić information content (AvgIpc) is 2.87. The van der Waals surface area contributed by atoms with Gasteiger partial charge in [0.25, 0.3) is 5.91 Å². The minimum Gasteiger partial charge on any atom is -0.484 e. The summed E-state index contributed by atoms with van der Waals surface area (Å²) in [5, 5.41) is 10.7. The van der Waals surface area contributed by atoms with Crippen LogP contribution in [0.15, 0.2) is 103 Å². The van der Waals surface area contributed by atoms with E-state index in [1.807, 2.05) is 60.7 Å². The molecule has 4 aromatic rings. The third kappa shape index (κ3) is 6.99. The Kier molecular flexibility index (Phi) is 7.83. The average molecular weight is 482 g/mol. The van der Waals surface area contributed by atoms with Gasteiger partial charge in [0.1, 0.15) is 5.75 Å². The number of rotatable bonds is 7. The van der Waals surface area contributed by atoms with Crippen molar-refractivity contribution in [3.63, 3.8) is 0 Å². The molecule has 4 rings (SSSR count). The minimum absolute atomic E-state index is 0.112. The quantitative estimate of drug-likeness (QED) is 0.244. The number of hydrogen-bond donors (Lipinski definition) is 3. The number of fused-ring (bicyclic) bond motifs is 1. The van der Waals surface area contributed by atoms with Gasteiger partial charge in [-0.15, -0.1) is 0 Å². The van der Waals surface area contributed by atoms with Crippen LogP contribution >= 0.6 is 12.2 Å². The van der Waals surface area contributed by atoms with E-state index >= 15 is 0 Å². The van der Waals surface area contributed by atoms with Gasteiger partial charge < -0.3 is 15.4 Å². The maximum Gasteiger partial charge on any atom is 0.262 e. The van der Waals surface area contributed by atoms with Crippen molar-refractivity contribution in [2.75, 3.05) is 17.2 Å². The maximum absolute atomic E-state index is 12.4. The number of hydrogen-bond acceptors (Lipinski definition) is 4. The molecular formula is C28H23N3O3S. The monoisotopic (exact) mass is 481 g/mol. The summed E-state index contributed by atoms with van der Waals surface area (Å²) in [4.78, 5) is 24.5. The van der Waals surface area contributed by atoms with E-state index in [9.17, 15) is 9.59 Å². The second kappa shape index (κ2) is 11.6. The zero-order chi connectivity index (χ0) is 24.5. The van der Waals surface area contributed by atoms with Crippen LogP contribution in [0.2, 0.25) is 0 Å². The molecule has 0 aliphatic rings. The van der Waals surface area contributed by atoms with Gasteiger partial charge in [0.05, 0.1) is 0 Å². The lowest BCUT2D eigenvalue weighted by Crippen LogP contribution is -2.32. The SMILES string of the molecule is O=C(/C=C/c1cccc2ccccc12)NC(=S)Nc1cccc(NC(=O)COc2ccccc2)c1. The van der Waals surface area contributed by atoms with Gasteiger partial charge in [0, 0.05) is 17.5 Å². The number of amides is 2. The fraction of sp³-hybridized carbons (Fsp3) is 0.0357. The molecule has 0 bridgehead atoms. The number of nitrogens with one attached hydrogen (secondary N) is 3. The van der Waals surface area contributed by atoms with Gasteiger partial charge in [-0.2, -0.15) is 0 Å². The summed E-state index contributed by atoms with van der Waals surface area (Å²) in [6.07, 6.45) is 3.20. The molecule has 0 spiro atoms. The van der Waals surface area contributed by atoms with Gasteiger partial charge in [0.15, 0.2) is 11.7 Å². The molecule has 0 heterocycles. The molecule has 0 saturated carbocycles. The van der Waals surface area contributed by atoms with E-state index in [1.54, 1.807) is 42.5 Å². The summed E-state index contributed by atoms with van der Waals surface area (Å²) in [7, 11) is 0. The zero-order valence-corrected chi connectivity index (χ0v) is 19.5. The topological polar surface area (TPSA) is 79.5 Å². The van der Waals surface area contributed by atoms with E-state index in [2.05, 4.69) is 16.0 Å². The van der Waals surface area contributed by atoms with Crippen LogP contribution in [0, 0.1) is 0 Å². The lowest BCUT2D eigenvalue weighted by atomic mass is 10.0. The highest BCUT2D eigenvalue weighted by Gasteiger charge is 2.06. The number of ether oxygens (including phenoxy) is 1. The summed E-state index contributed by atoms with van der Waals surface area (Å²) in [5.74, 6) is -0.0212. The van der Waals surface area contributed by atoms with Crippen molar-refractivity contribution in [3.8, 4) is 5.75 Å². The van der Waals surface area contributed by atoms with E-state index in [0.717, 1.165) is 16.3 Å². The molecule has 0 saturated heterocycles. The van der Waals surface area contributed by atoms with Crippen LogP contribution in [0.3, 0.4) is 0 Å². The Bertz CT molecular complexity index is 1380. The van der Waals surface area contributed by atoms with E-state index < -0.39 is 0 Å². The highest BCUT2D eigenvalue weighted by molar-refractivity contribution is 7.80. The van der Waals surface area contributed by atoms with Crippen molar-refractivity contribution in [1.82, 2.24) is 5.32 Å². The first-order chi connectivity index (χ1) is 17.1. The lowest BCUT2D eigenvalue weighted by molar-refractivity contribution is -0.118. The second-order valence-corrected chi connectivity index (χ2v) is 7.98. The van der Waals surface area contributed by atoms with Gasteiger partial charge >= 0.3 is 0 Å². The predicted octanol–water partition coefficient (Wildman–Crippen LogP) is 5.38. The predicted molar refractivity (Wildman–Crippen MR) is 144 cm³/mol. The second-order valence-electron chi connectivity index (χ2n) is 7.58. The third-order valence-electron chi connectivity index (χ3n) is 4.99. The molecule has 0 unspecified atom stereocenters. The molecule has 7 heteroatoms. The van der Waals surface area contributed by atoms with Crippen LogP contribution in [-0.2, 0) is 9.59 Å². The van der Waals surface area contributed by atoms with Crippen LogP contribution in [0.5, 0.6) is 5.75 Å². The molecule has 174 valence electrons. The van der Waals surface area contributed by atoms with E-state index in [4.69, 9.17) is 17.0 Å². The molecule has 35 heavy (non-hydrogen) atoms. The van der Waals surface area contributed by atoms with Crippen molar-refractivity contribution >= 4 is 57.4 Å². The first kappa shape index (κ1) is 23.7. The Morgan fingerprint density at radius 2 is 1.49 bits per heavy atom. The zero-order valence-electron chi connectivity index (χ0n) is 18.7. The Hall–Kier alpha value is -4.49. The van der Waals surface area contributed by atoms with E-state index in [0.29, 0.717) is 17.1 Å². The summed E-state index contributed by atoms with van der Waals surface area (Å²) in [6.45, 7) is -0.112. The Morgan fingerprint density at radius 1 is 0.800 bits per heavy atom. The van der Waals surface area contributed by atoms with Crippen molar-refractivity contribution in [1.29, 1.82) is 0 Å². The molecule has 0 aliphatic heterocycles. The normalized spacial score (nSPS) is 10.6. The van der Waals surface area contributed by atoms with Crippen molar-refractivity contribution in [3.05, 3.63) is 109 Å². The Labute approximate surface area is 208 Å². The number of carbonyl (C=O) groups is 2. The van der Waals surface area contributed by atoms with E-state index in [1.165, 1.54) is 6.08 Å². The molecule has 0 radical (unpaired) electrons. The summed E-state index contributed by atoms with van der Waals surface area (Å²) < 4.78 is 5.45. The smallest absolute Gasteiger partial charge is 0.262 e. The van der Waals surface area contributed by atoms with Crippen LogP contribution < -0.4 is 20.7 Å². The van der Waals surface area contributed by atoms with Crippen molar-refractivity contribution in [2.45, 2.75) is 0 Å². The van der Waals surface area contributed by atoms with Crippen LogP contribution in [-0.4, -0.2) is 23.5 Å². The van der Waals surface area contributed by atoms with Crippen molar-refractivity contribution < 1.29 is 14.3 Å². The molecule has 0 atom stereocenters. The summed E-state index contributed by atoms with van der Waals surface area (Å²) in [5.41, 5.74) is 2.13. The Morgan fingerprint density at radius 3 is 2.31 bits per heavy atom. The van der Waals surface area contributed by atoms with Crippen LogP contribution in [0.4, 0.5) is 11.4 Å². The van der Waals surface area contributed by atoms with E-state index in [-0.39, 0.29) is 23.5 Å². The van der Waals surface area contributed by atoms with Gasteiger partial charge in [-0.25, -0.2) is 0 Å². The van der Waals surface area contributed by atoms with Crippen LogP contribution in [0.1, 0.15) is 5.56 Å². The molecule has 6 nitrogen and oxygen atoms in total. The number of thiocarbonyl (C=S) groups is 1. The summed E-state index contributed by atoms with van der Waals surface area (Å²) in [6, 6.07) is 30.0. The highest BCUT2D eigenvalue weighted by atomic mass is 32.1. The van der Waals surface area contributed by atoms with Gasteiger partial charge in [-0.3, -0.25) is 14.9 Å². The maximum atomic E-state index is 12.4. The van der Waals surface area contributed by atoms with Crippen molar-refractivity contribution in [2.24, 2.45) is 0 Å². The highest BCUT2D eigenvalue weighted by Crippen LogP contribution is 2.19. The molecule has 0 aromatic heterocycles. The molecule has 0 fully saturated rings. The third-order valence-corrected chi connectivity index (χ3v) is 5.20. The number of benzene rings is 4. The van der Waals surface area contributed by atoms with Crippen LogP contribution in [0.25, 0.3) is 16.8 Å². The molecule has 0 aliphatic carbocycles. The first-order valence-electron chi connectivity index (χ1n) is 10.9. The standard InChI is InChI=1S/C28H23N3O3S/c32-26(17-16-21-10-6-9-20-8-4-5-15-25(20)21)31-28(35)30-23-12-7-11-22(18-23)29-27(33)19-34-24-13-2-1-3-14-24/h1-18H,19H2,(H,29,33)(H2,30,31,32,35)/b17-16+. The number of anilines is 2. The number of carbonyl (C=O) groups excluding carboxylic acids is 2. The van der Waals surface area contributed by atoms with Gasteiger partial charge in [-0.1, -0.05) is 66.7 Å². The lowest BCUT2D eigenvalue weighted by Gasteiger charge is -2.11.